The van der Waals surface area contributed by atoms with Gasteiger partial charge in [0.1, 0.15) is 5.37 Å². The minimum atomic E-state index is -0.0788. The summed E-state index contributed by atoms with van der Waals surface area (Å²) in [4.78, 5) is 14.7. The van der Waals surface area contributed by atoms with Crippen LogP contribution in [0.15, 0.2) is 42.5 Å². The minimum absolute atomic E-state index is 0.0788. The summed E-state index contributed by atoms with van der Waals surface area (Å²) in [5.74, 6) is 1.92. The molecule has 1 fully saturated rings. The summed E-state index contributed by atoms with van der Waals surface area (Å²) in [5.41, 5.74) is 2.19. The normalized spacial score (nSPS) is 19.3. The molecule has 0 saturated carbocycles. The molecule has 5 nitrogen and oxygen atoms in total. The molecule has 0 bridgehead atoms. The number of amides is 1. The number of carbonyl (C=O) groups is 1. The average Bonchev–Trinajstić information content (AvgIpc) is 3.00. The molecule has 27 heavy (non-hydrogen) atoms. The van der Waals surface area contributed by atoms with Crippen LogP contribution in [0.2, 0.25) is 0 Å². The molecule has 1 aliphatic heterocycles. The van der Waals surface area contributed by atoms with Gasteiger partial charge in [-0.2, -0.15) is 0 Å². The van der Waals surface area contributed by atoms with Gasteiger partial charge in [0.05, 0.1) is 26.6 Å². The van der Waals surface area contributed by atoms with Crippen molar-refractivity contribution in [1.29, 1.82) is 0 Å². The number of hydrogen-bond donors (Lipinski definition) is 0. The Bertz CT molecular complexity index is 771. The first kappa shape index (κ1) is 19.4. The fourth-order valence-electron chi connectivity index (χ4n) is 3.30. The van der Waals surface area contributed by atoms with E-state index in [1.165, 1.54) is 5.56 Å². The highest BCUT2D eigenvalue weighted by Gasteiger charge is 2.38. The highest BCUT2D eigenvalue weighted by molar-refractivity contribution is 8.01. The molecule has 2 aromatic carbocycles. The fourth-order valence-corrected chi connectivity index (χ4v) is 4.59. The van der Waals surface area contributed by atoms with Gasteiger partial charge in [0.2, 0.25) is 11.7 Å². The molecule has 1 heterocycles. The predicted octanol–water partition coefficient (Wildman–Crippen LogP) is 3.92. The number of methoxy groups -OCH3 is 3. The number of nitrogens with zero attached hydrogens (tertiary/aromatic N) is 1. The van der Waals surface area contributed by atoms with Crippen molar-refractivity contribution in [3.05, 3.63) is 53.6 Å². The van der Waals surface area contributed by atoms with Gasteiger partial charge in [0, 0.05) is 6.54 Å². The fraction of sp³-hybridized carbons (Fsp3) is 0.381. The topological polar surface area (TPSA) is 48.0 Å². The van der Waals surface area contributed by atoms with Gasteiger partial charge in [-0.1, -0.05) is 30.3 Å². The van der Waals surface area contributed by atoms with Gasteiger partial charge >= 0.3 is 0 Å². The Morgan fingerprint density at radius 2 is 1.63 bits per heavy atom. The molecule has 3 rings (SSSR count). The Morgan fingerprint density at radius 1 is 1.00 bits per heavy atom. The van der Waals surface area contributed by atoms with Crippen LogP contribution in [0.25, 0.3) is 0 Å². The molecule has 2 aromatic rings. The van der Waals surface area contributed by atoms with Crippen LogP contribution in [-0.4, -0.2) is 43.9 Å². The summed E-state index contributed by atoms with van der Waals surface area (Å²) in [6.07, 6.45) is 0.820. The summed E-state index contributed by atoms with van der Waals surface area (Å²) in [6.45, 7) is 2.63. The van der Waals surface area contributed by atoms with Gasteiger partial charge in [-0.25, -0.2) is 0 Å². The van der Waals surface area contributed by atoms with E-state index in [1.807, 2.05) is 42.2 Å². The summed E-state index contributed by atoms with van der Waals surface area (Å²) in [5, 5.41) is -0.158. The van der Waals surface area contributed by atoms with E-state index in [4.69, 9.17) is 14.2 Å². The molecule has 6 heteroatoms. The smallest absolute Gasteiger partial charge is 0.236 e. The molecule has 1 saturated heterocycles. The number of carbonyl (C=O) groups excluding carboxylic acids is 1. The Hall–Kier alpha value is -2.34. The van der Waals surface area contributed by atoms with Crippen LogP contribution in [0.4, 0.5) is 0 Å². The van der Waals surface area contributed by atoms with Crippen LogP contribution in [-0.2, 0) is 11.2 Å². The summed E-state index contributed by atoms with van der Waals surface area (Å²) in [7, 11) is 4.79. The highest BCUT2D eigenvalue weighted by Crippen LogP contribution is 2.47. The molecule has 2 atom stereocenters. The van der Waals surface area contributed by atoms with E-state index in [-0.39, 0.29) is 16.5 Å². The number of thioether (sulfide) groups is 1. The third kappa shape index (κ3) is 4.00. The van der Waals surface area contributed by atoms with Gasteiger partial charge in [-0.15, -0.1) is 11.8 Å². The van der Waals surface area contributed by atoms with E-state index >= 15 is 0 Å². The molecular formula is C21H25NO4S. The van der Waals surface area contributed by atoms with E-state index < -0.39 is 0 Å². The molecule has 0 radical (unpaired) electrons. The molecule has 0 N–H and O–H groups in total. The zero-order valence-corrected chi connectivity index (χ0v) is 16.9. The van der Waals surface area contributed by atoms with Crippen molar-refractivity contribution < 1.29 is 19.0 Å². The van der Waals surface area contributed by atoms with Crippen LogP contribution in [0.3, 0.4) is 0 Å². The Balaban J connectivity index is 1.90. The van der Waals surface area contributed by atoms with Crippen molar-refractivity contribution in [2.75, 3.05) is 27.9 Å². The first-order valence-electron chi connectivity index (χ1n) is 8.88. The largest absolute Gasteiger partial charge is 0.493 e. The van der Waals surface area contributed by atoms with Gasteiger partial charge in [-0.3, -0.25) is 4.79 Å². The monoisotopic (exact) mass is 387 g/mol. The second-order valence-corrected chi connectivity index (χ2v) is 7.78. The summed E-state index contributed by atoms with van der Waals surface area (Å²) >= 11 is 1.65. The molecule has 0 aliphatic carbocycles. The zero-order chi connectivity index (χ0) is 19.4. The molecular weight excluding hydrogens is 362 g/mol. The number of ether oxygens (including phenoxy) is 3. The zero-order valence-electron chi connectivity index (χ0n) is 16.1. The van der Waals surface area contributed by atoms with Crippen LogP contribution in [0.1, 0.15) is 23.4 Å². The lowest BCUT2D eigenvalue weighted by Gasteiger charge is -2.25. The average molecular weight is 388 g/mol. The predicted molar refractivity (Wildman–Crippen MR) is 108 cm³/mol. The van der Waals surface area contributed by atoms with E-state index in [0.29, 0.717) is 23.8 Å². The molecule has 0 aromatic heterocycles. The Kier molecular flexibility index (Phi) is 6.16. The maximum atomic E-state index is 12.8. The molecule has 0 unspecified atom stereocenters. The quantitative estimate of drug-likeness (QED) is 0.721. The van der Waals surface area contributed by atoms with E-state index in [1.54, 1.807) is 33.1 Å². The van der Waals surface area contributed by atoms with Crippen molar-refractivity contribution in [3.63, 3.8) is 0 Å². The molecule has 0 spiro atoms. The van der Waals surface area contributed by atoms with Crippen LogP contribution in [0, 0.1) is 0 Å². The number of benzene rings is 2. The van der Waals surface area contributed by atoms with Crippen molar-refractivity contribution in [2.24, 2.45) is 0 Å². The Morgan fingerprint density at radius 3 is 2.19 bits per heavy atom. The third-order valence-electron chi connectivity index (χ3n) is 4.70. The van der Waals surface area contributed by atoms with E-state index in [0.717, 1.165) is 12.0 Å². The van der Waals surface area contributed by atoms with E-state index in [9.17, 15) is 4.79 Å². The first-order valence-corrected chi connectivity index (χ1v) is 9.83. The maximum Gasteiger partial charge on any atom is 0.236 e. The van der Waals surface area contributed by atoms with Crippen molar-refractivity contribution >= 4 is 17.7 Å². The standard InChI is InChI=1S/C21H25NO4S/c1-14-20(23)22(11-10-15-8-6-5-7-9-15)21(27-14)16-12-17(24-2)19(26-4)18(13-16)25-3/h5-9,12-14,21H,10-11H2,1-4H3/t14-,21-/m1/s1. The van der Waals surface area contributed by atoms with Crippen LogP contribution >= 0.6 is 11.8 Å². The lowest BCUT2D eigenvalue weighted by Crippen LogP contribution is -2.32. The Labute approximate surface area is 164 Å². The SMILES string of the molecule is COc1cc([C@H]2S[C@H](C)C(=O)N2CCc2ccccc2)cc(OC)c1OC. The molecule has 1 aliphatic rings. The van der Waals surface area contributed by atoms with Gasteiger partial charge in [0.15, 0.2) is 11.5 Å². The molecule has 1 amide bonds. The highest BCUT2D eigenvalue weighted by atomic mass is 32.2. The van der Waals surface area contributed by atoms with E-state index in [2.05, 4.69) is 12.1 Å². The first-order chi connectivity index (χ1) is 13.1. The second kappa shape index (κ2) is 8.57. The molecule has 144 valence electrons. The van der Waals surface area contributed by atoms with Crippen LogP contribution < -0.4 is 14.2 Å². The number of hydrogen-bond acceptors (Lipinski definition) is 5. The van der Waals surface area contributed by atoms with Crippen molar-refractivity contribution in [2.45, 2.75) is 24.0 Å². The van der Waals surface area contributed by atoms with Gasteiger partial charge in [0.25, 0.3) is 0 Å². The third-order valence-corrected chi connectivity index (χ3v) is 6.10. The van der Waals surface area contributed by atoms with Gasteiger partial charge in [-0.05, 0) is 36.6 Å². The van der Waals surface area contributed by atoms with Crippen molar-refractivity contribution in [1.82, 2.24) is 4.90 Å². The number of rotatable bonds is 7. The minimum Gasteiger partial charge on any atom is -0.493 e. The van der Waals surface area contributed by atoms with Crippen molar-refractivity contribution in [3.8, 4) is 17.2 Å². The lowest BCUT2D eigenvalue weighted by atomic mass is 10.1. The second-order valence-electron chi connectivity index (χ2n) is 6.36. The lowest BCUT2D eigenvalue weighted by molar-refractivity contribution is -0.129. The van der Waals surface area contributed by atoms with Crippen LogP contribution in [0.5, 0.6) is 17.2 Å². The maximum absolute atomic E-state index is 12.8. The summed E-state index contributed by atoms with van der Waals surface area (Å²) < 4.78 is 16.4. The summed E-state index contributed by atoms with van der Waals surface area (Å²) in [6, 6.07) is 14.1. The van der Waals surface area contributed by atoms with Gasteiger partial charge < -0.3 is 19.1 Å².